The molecule has 4 aromatic rings. The Morgan fingerprint density at radius 3 is 2.43 bits per heavy atom. The van der Waals surface area contributed by atoms with Gasteiger partial charge in [0.15, 0.2) is 53.8 Å². The van der Waals surface area contributed by atoms with E-state index in [0.717, 1.165) is 10.9 Å². The van der Waals surface area contributed by atoms with Gasteiger partial charge in [-0.1, -0.05) is 0 Å². The van der Waals surface area contributed by atoms with Gasteiger partial charge in [0.1, 0.15) is 36.3 Å². The number of nitrogens with zero attached hydrogens (tertiary/aromatic N) is 7. The van der Waals surface area contributed by atoms with Crippen molar-refractivity contribution in [2.24, 2.45) is 0 Å². The molecule has 0 bridgehead atoms. The fraction of sp³-hybridized carbons (Fsp3) is 0.524. The van der Waals surface area contributed by atoms with Crippen molar-refractivity contribution in [2.45, 2.75) is 49.3 Å². The smallest absolute Gasteiger partial charge is 0.386 e. The van der Waals surface area contributed by atoms with Crippen LogP contribution < -0.4 is 16.6 Å². The normalized spacial score (nSPS) is 37.1. The second-order valence-corrected chi connectivity index (χ2v) is 13.5. The second kappa shape index (κ2) is 11.4. The molecule has 3 saturated heterocycles. The number of aromatic amines is 1. The van der Waals surface area contributed by atoms with Crippen LogP contribution >= 0.6 is 15.4 Å². The van der Waals surface area contributed by atoms with E-state index in [1.165, 1.54) is 17.2 Å². The average molecular weight is 688 g/mol. The number of hydrogen-bond acceptors (Lipinski definition) is 18. The monoisotopic (exact) mass is 688 g/mol. The summed E-state index contributed by atoms with van der Waals surface area (Å²) in [6.45, 7) is -0.786. The minimum Gasteiger partial charge on any atom is -0.386 e. The molecular weight excluding hydrogens is 662 g/mol. The molecule has 10 atom stereocenters. The maximum absolute atomic E-state index is 13.2. The summed E-state index contributed by atoms with van der Waals surface area (Å²) in [4.78, 5) is 56.2. The van der Waals surface area contributed by atoms with Crippen molar-refractivity contribution >= 4 is 49.5 Å². The van der Waals surface area contributed by atoms with Gasteiger partial charge in [-0.25, -0.2) is 24.5 Å². The summed E-state index contributed by atoms with van der Waals surface area (Å²) in [5.41, 5.74) is 5.23. The first-order valence-corrected chi connectivity index (χ1v) is 16.6. The summed E-state index contributed by atoms with van der Waals surface area (Å²) in [5, 5.41) is 25.2. The summed E-state index contributed by atoms with van der Waals surface area (Å²) in [6, 6.07) is 0. The number of fused-ring (bicyclic) bond motifs is 4. The SMILES string of the molecule is CNc1ncnc2c1ncn2[C@@H]1O[C@@H]2COP(=O)(O)OC3[C@@H](OCP(=O)(O)OC2[C@@H]1O)O[C@@H](n1cnc2c(=O)[nH]c(N)nc21)[C@H]3O. The molecule has 4 unspecified atom stereocenters. The van der Waals surface area contributed by atoms with Crippen LogP contribution in [-0.4, -0.2) is 116 Å². The van der Waals surface area contributed by atoms with Crippen LogP contribution in [0.15, 0.2) is 23.8 Å². The highest BCUT2D eigenvalue weighted by atomic mass is 31.2. The van der Waals surface area contributed by atoms with Crippen LogP contribution in [0.25, 0.3) is 22.3 Å². The van der Waals surface area contributed by atoms with Crippen molar-refractivity contribution in [3.63, 3.8) is 0 Å². The maximum Gasteiger partial charge on any atom is 0.472 e. The van der Waals surface area contributed by atoms with Gasteiger partial charge in [-0.3, -0.25) is 37.0 Å². The number of rotatable bonds is 3. The van der Waals surface area contributed by atoms with Crippen molar-refractivity contribution in [3.8, 4) is 0 Å². The lowest BCUT2D eigenvalue weighted by Gasteiger charge is -2.28. The predicted molar refractivity (Wildman–Crippen MR) is 149 cm³/mol. The van der Waals surface area contributed by atoms with E-state index in [0.29, 0.717) is 11.3 Å². The molecule has 0 spiro atoms. The molecule has 8 N–H and O–H groups in total. The number of ether oxygens (including phenoxy) is 3. The van der Waals surface area contributed by atoms with Gasteiger partial charge in [-0.2, -0.15) is 4.98 Å². The summed E-state index contributed by atoms with van der Waals surface area (Å²) in [6.07, 6.45) is -10.3. The molecule has 25 heteroatoms. The second-order valence-electron chi connectivity index (χ2n) is 10.4. The molecule has 4 aromatic heterocycles. The van der Waals surface area contributed by atoms with Gasteiger partial charge in [0.25, 0.3) is 5.56 Å². The maximum atomic E-state index is 13.2. The van der Waals surface area contributed by atoms with E-state index in [-0.39, 0.29) is 22.8 Å². The molecule has 248 valence electrons. The molecule has 23 nitrogen and oxygen atoms in total. The van der Waals surface area contributed by atoms with E-state index in [2.05, 4.69) is 35.2 Å². The van der Waals surface area contributed by atoms with Crippen LogP contribution in [0.3, 0.4) is 0 Å². The van der Waals surface area contributed by atoms with Crippen LogP contribution in [-0.2, 0) is 36.9 Å². The quantitative estimate of drug-likeness (QED) is 0.116. The number of anilines is 2. The molecule has 0 amide bonds. The van der Waals surface area contributed by atoms with Gasteiger partial charge >= 0.3 is 15.4 Å². The molecule has 7 rings (SSSR count). The third-order valence-corrected chi connectivity index (χ3v) is 9.45. The lowest BCUT2D eigenvalue weighted by atomic mass is 10.1. The Morgan fingerprint density at radius 2 is 1.67 bits per heavy atom. The molecule has 3 aliphatic rings. The van der Waals surface area contributed by atoms with Crippen molar-refractivity contribution in [3.05, 3.63) is 29.3 Å². The van der Waals surface area contributed by atoms with Crippen LogP contribution in [0, 0.1) is 0 Å². The molecule has 0 aliphatic carbocycles. The Hall–Kier alpha value is -3.44. The fourth-order valence-corrected chi connectivity index (χ4v) is 7.36. The number of imidazole rings is 2. The lowest BCUT2D eigenvalue weighted by Crippen LogP contribution is -2.38. The largest absolute Gasteiger partial charge is 0.472 e. The van der Waals surface area contributed by atoms with E-state index in [9.17, 15) is 33.9 Å². The van der Waals surface area contributed by atoms with Crippen LogP contribution in [0.4, 0.5) is 11.8 Å². The summed E-state index contributed by atoms with van der Waals surface area (Å²) >= 11 is 0. The van der Waals surface area contributed by atoms with Crippen LogP contribution in [0.5, 0.6) is 0 Å². The Labute approximate surface area is 255 Å². The number of nitrogens with one attached hydrogen (secondary N) is 2. The fourth-order valence-electron chi connectivity index (χ4n) is 5.40. The lowest BCUT2D eigenvalue weighted by molar-refractivity contribution is -0.168. The first kappa shape index (κ1) is 31.2. The molecule has 0 aromatic carbocycles. The van der Waals surface area contributed by atoms with E-state index >= 15 is 0 Å². The molecule has 0 radical (unpaired) electrons. The highest BCUT2D eigenvalue weighted by molar-refractivity contribution is 7.52. The number of hydrogen-bond donors (Lipinski definition) is 7. The summed E-state index contributed by atoms with van der Waals surface area (Å²) < 4.78 is 61.5. The molecule has 3 aliphatic heterocycles. The van der Waals surface area contributed by atoms with Crippen molar-refractivity contribution in [1.29, 1.82) is 0 Å². The topological polar surface area (TPSA) is 316 Å². The number of nitrogens with two attached hydrogens (primary N) is 1. The van der Waals surface area contributed by atoms with Crippen LogP contribution in [0.1, 0.15) is 12.5 Å². The zero-order valence-electron chi connectivity index (χ0n) is 23.3. The minimum atomic E-state index is -5.08. The molecule has 3 fully saturated rings. The zero-order chi connectivity index (χ0) is 32.5. The van der Waals surface area contributed by atoms with E-state index < -0.39 is 83.2 Å². The van der Waals surface area contributed by atoms with Gasteiger partial charge in [-0.05, 0) is 0 Å². The first-order valence-electron chi connectivity index (χ1n) is 13.4. The third kappa shape index (κ3) is 5.39. The minimum absolute atomic E-state index is 0.116. The van der Waals surface area contributed by atoms with Gasteiger partial charge in [-0.15, -0.1) is 0 Å². The number of H-pyrrole nitrogens is 1. The van der Waals surface area contributed by atoms with E-state index in [1.54, 1.807) is 7.05 Å². The molecule has 46 heavy (non-hydrogen) atoms. The number of aromatic nitrogens is 8. The zero-order valence-corrected chi connectivity index (χ0v) is 25.1. The van der Waals surface area contributed by atoms with Gasteiger partial charge in [0, 0.05) is 7.05 Å². The highest BCUT2D eigenvalue weighted by Gasteiger charge is 2.54. The Bertz CT molecular complexity index is 1950. The van der Waals surface area contributed by atoms with Crippen molar-refractivity contribution in [1.82, 2.24) is 39.0 Å². The van der Waals surface area contributed by atoms with E-state index in [4.69, 9.17) is 33.5 Å². The molecular formula is C21H26N10O13P2. The summed E-state index contributed by atoms with van der Waals surface area (Å²) in [5.74, 6) is 0.108. The number of aliphatic hydroxyl groups excluding tert-OH is 2. The Morgan fingerprint density at radius 1 is 0.978 bits per heavy atom. The molecule has 0 saturated carbocycles. The molecule has 7 heterocycles. The van der Waals surface area contributed by atoms with Gasteiger partial charge in [0.05, 0.1) is 19.3 Å². The first-order chi connectivity index (χ1) is 21.9. The van der Waals surface area contributed by atoms with Crippen molar-refractivity contribution < 1.29 is 56.9 Å². The highest BCUT2D eigenvalue weighted by Crippen LogP contribution is 2.53. The van der Waals surface area contributed by atoms with Gasteiger partial charge in [0.2, 0.25) is 5.95 Å². The standard InChI is InChI=1S/C21H26N10O13P2/c1-23-14-8-15(25-3-24-14)30(4-26-8)18-10(32)12-7(41-18)2-40-46(37,38)44-13-11(33)19(42-20(13)39-6-45(35,36)43-12)31-5-27-9-16(31)28-21(22)29-17(9)34/h3-5,7,10-13,18-20,32-33H,2,6H2,1H3,(H,35,36)(H,37,38)(H,23,24,25)(H3,22,28,29,34)/t7-,10+,11+,12?,13?,18-,19-,20+/m1/s1. The number of phosphoric ester groups is 1. The number of phosphoric acid groups is 1. The summed E-state index contributed by atoms with van der Waals surface area (Å²) in [7, 11) is -8.22. The Balaban J connectivity index is 1.17. The van der Waals surface area contributed by atoms with Crippen LogP contribution in [0.2, 0.25) is 0 Å². The third-order valence-electron chi connectivity index (χ3n) is 7.42. The predicted octanol–water partition coefficient (Wildman–Crippen LogP) is -1.88. The number of nitrogen functional groups attached to an aromatic ring is 1. The Kier molecular flexibility index (Phi) is 7.70. The van der Waals surface area contributed by atoms with E-state index in [1.807, 2.05) is 0 Å². The van der Waals surface area contributed by atoms with Crippen molar-refractivity contribution in [2.75, 3.05) is 31.1 Å². The average Bonchev–Trinajstić information content (AvgIpc) is 3.76. The number of aliphatic hydroxyl groups is 2. The van der Waals surface area contributed by atoms with Gasteiger partial charge < -0.3 is 45.3 Å².